The monoisotopic (exact) mass is 308 g/mol. The summed E-state index contributed by atoms with van der Waals surface area (Å²) in [4.78, 5) is 39.6. The number of H-pyrrole nitrogens is 2. The third-order valence-corrected chi connectivity index (χ3v) is 5.38. The number of ketones is 1. The topological polar surface area (TPSA) is 117 Å². The van der Waals surface area contributed by atoms with Gasteiger partial charge in [0.05, 0.1) is 22.5 Å². The van der Waals surface area contributed by atoms with Crippen molar-refractivity contribution in [2.45, 2.75) is 6.42 Å². The number of rotatable bonds is 2. The lowest BCUT2D eigenvalue weighted by Crippen LogP contribution is -2.29. The molecule has 2 heterocycles. The second-order valence-corrected chi connectivity index (χ2v) is 7.36. The predicted molar refractivity (Wildman–Crippen MR) is 76.3 cm³/mol. The van der Waals surface area contributed by atoms with Crippen molar-refractivity contribution in [3.05, 3.63) is 44.5 Å². The summed E-state index contributed by atoms with van der Waals surface area (Å²) in [5.74, 6) is -0.903. The first kappa shape index (κ1) is 13.7. The maximum Gasteiger partial charge on any atom is 0.314 e. The Labute approximate surface area is 118 Å². The van der Waals surface area contributed by atoms with Crippen LogP contribution in [-0.4, -0.2) is 35.7 Å². The normalized spacial score (nSPS) is 20.7. The van der Waals surface area contributed by atoms with Crippen LogP contribution in [0.1, 0.15) is 16.8 Å². The van der Waals surface area contributed by atoms with Crippen molar-refractivity contribution in [2.24, 2.45) is 5.92 Å². The standard InChI is InChI=1S/C13H12N2O5S/c16-11(8-3-4-21(19,20)6-8)7-1-2-9-10(5-7)15-13(18)12(17)14-9/h1-2,5,8H,3-4,6H2,(H,14,17)(H,15,18). The summed E-state index contributed by atoms with van der Waals surface area (Å²) in [6, 6.07) is 4.49. The Morgan fingerprint density at radius 1 is 1.10 bits per heavy atom. The molecule has 8 heteroatoms. The average Bonchev–Trinajstić information content (AvgIpc) is 2.79. The molecule has 1 aromatic heterocycles. The fourth-order valence-corrected chi connectivity index (χ4v) is 4.25. The van der Waals surface area contributed by atoms with Crippen LogP contribution in [0.3, 0.4) is 0 Å². The third-order valence-electron chi connectivity index (χ3n) is 3.61. The lowest BCUT2D eigenvalue weighted by atomic mass is 9.97. The minimum Gasteiger partial charge on any atom is -0.316 e. The number of sulfone groups is 1. The van der Waals surface area contributed by atoms with Crippen LogP contribution in [0, 0.1) is 5.92 Å². The Bertz CT molecular complexity index is 954. The van der Waals surface area contributed by atoms with Crippen molar-refractivity contribution >= 4 is 26.7 Å². The number of hydrogen-bond donors (Lipinski definition) is 2. The molecule has 0 aliphatic carbocycles. The SMILES string of the molecule is O=C(c1ccc2[nH]c(=O)c(=O)[nH]c2c1)C1CCS(=O)(=O)C1. The van der Waals surface area contributed by atoms with E-state index in [0.717, 1.165) is 0 Å². The van der Waals surface area contributed by atoms with Gasteiger partial charge >= 0.3 is 11.1 Å². The number of aromatic nitrogens is 2. The molecular formula is C13H12N2O5S. The molecule has 1 saturated heterocycles. The smallest absolute Gasteiger partial charge is 0.314 e. The van der Waals surface area contributed by atoms with Gasteiger partial charge in [-0.25, -0.2) is 8.42 Å². The molecule has 0 bridgehead atoms. The van der Waals surface area contributed by atoms with Crippen LogP contribution < -0.4 is 11.1 Å². The molecule has 21 heavy (non-hydrogen) atoms. The van der Waals surface area contributed by atoms with Gasteiger partial charge in [-0.2, -0.15) is 0 Å². The highest BCUT2D eigenvalue weighted by atomic mass is 32.2. The number of benzene rings is 1. The number of nitrogens with one attached hydrogen (secondary N) is 2. The molecule has 1 aliphatic heterocycles. The molecule has 7 nitrogen and oxygen atoms in total. The molecule has 0 radical (unpaired) electrons. The van der Waals surface area contributed by atoms with Crippen molar-refractivity contribution in [2.75, 3.05) is 11.5 Å². The Hall–Kier alpha value is -2.22. The largest absolute Gasteiger partial charge is 0.316 e. The van der Waals surface area contributed by atoms with Gasteiger partial charge in [0.15, 0.2) is 15.6 Å². The summed E-state index contributed by atoms with van der Waals surface area (Å²) < 4.78 is 22.9. The minimum absolute atomic E-state index is 0.0289. The first-order valence-electron chi connectivity index (χ1n) is 6.37. The van der Waals surface area contributed by atoms with Gasteiger partial charge in [-0.05, 0) is 24.6 Å². The van der Waals surface area contributed by atoms with E-state index in [-0.39, 0.29) is 17.3 Å². The van der Waals surface area contributed by atoms with Crippen molar-refractivity contribution in [3.63, 3.8) is 0 Å². The molecule has 0 saturated carbocycles. The van der Waals surface area contributed by atoms with Crippen LogP contribution in [-0.2, 0) is 9.84 Å². The van der Waals surface area contributed by atoms with Crippen LogP contribution in [0.15, 0.2) is 27.8 Å². The van der Waals surface area contributed by atoms with Crippen LogP contribution in [0.25, 0.3) is 11.0 Å². The predicted octanol–water partition coefficient (Wildman–Crippen LogP) is -0.166. The molecule has 1 fully saturated rings. The molecule has 3 rings (SSSR count). The van der Waals surface area contributed by atoms with Crippen molar-refractivity contribution in [1.82, 2.24) is 9.97 Å². The van der Waals surface area contributed by atoms with Gasteiger partial charge in [0.2, 0.25) is 0 Å². The highest BCUT2D eigenvalue weighted by Gasteiger charge is 2.33. The van der Waals surface area contributed by atoms with E-state index >= 15 is 0 Å². The van der Waals surface area contributed by atoms with Crippen LogP contribution >= 0.6 is 0 Å². The molecule has 110 valence electrons. The van der Waals surface area contributed by atoms with Crippen LogP contribution in [0.2, 0.25) is 0 Å². The Morgan fingerprint density at radius 2 is 1.76 bits per heavy atom. The number of Topliss-reactive ketones (excluding diaryl/α,β-unsaturated/α-hetero) is 1. The van der Waals surface area contributed by atoms with E-state index in [1.807, 2.05) is 0 Å². The quantitative estimate of drug-likeness (QED) is 0.590. The molecule has 1 aromatic carbocycles. The van der Waals surface area contributed by atoms with Gasteiger partial charge < -0.3 is 9.97 Å². The second-order valence-electron chi connectivity index (χ2n) is 5.13. The Kier molecular flexibility index (Phi) is 3.05. The number of carbonyl (C=O) groups excluding carboxylic acids is 1. The van der Waals surface area contributed by atoms with Gasteiger partial charge in [0, 0.05) is 11.5 Å². The molecule has 2 aromatic rings. The zero-order chi connectivity index (χ0) is 15.2. The summed E-state index contributed by atoms with van der Waals surface area (Å²) >= 11 is 0. The molecule has 1 unspecified atom stereocenters. The van der Waals surface area contributed by atoms with E-state index in [1.165, 1.54) is 18.2 Å². The lowest BCUT2D eigenvalue weighted by Gasteiger charge is -2.07. The Balaban J connectivity index is 2.01. The third kappa shape index (κ3) is 2.54. The highest BCUT2D eigenvalue weighted by molar-refractivity contribution is 7.91. The van der Waals surface area contributed by atoms with E-state index in [2.05, 4.69) is 9.97 Å². The summed E-state index contributed by atoms with van der Waals surface area (Å²) in [6.07, 6.45) is 0.321. The lowest BCUT2D eigenvalue weighted by molar-refractivity contribution is 0.0933. The number of hydrogen-bond acceptors (Lipinski definition) is 5. The van der Waals surface area contributed by atoms with Gasteiger partial charge in [-0.15, -0.1) is 0 Å². The molecule has 0 amide bonds. The van der Waals surface area contributed by atoms with E-state index in [0.29, 0.717) is 23.0 Å². The average molecular weight is 308 g/mol. The molecule has 2 N–H and O–H groups in total. The van der Waals surface area contributed by atoms with Crippen molar-refractivity contribution < 1.29 is 13.2 Å². The van der Waals surface area contributed by atoms with Crippen LogP contribution in [0.5, 0.6) is 0 Å². The minimum atomic E-state index is -3.13. The summed E-state index contributed by atoms with van der Waals surface area (Å²) in [5, 5.41) is 0. The number of fused-ring (bicyclic) bond motifs is 1. The van der Waals surface area contributed by atoms with Crippen LogP contribution in [0.4, 0.5) is 0 Å². The van der Waals surface area contributed by atoms with E-state index < -0.39 is 26.9 Å². The first-order chi connectivity index (χ1) is 9.85. The van der Waals surface area contributed by atoms with E-state index in [9.17, 15) is 22.8 Å². The van der Waals surface area contributed by atoms with Crippen molar-refractivity contribution in [1.29, 1.82) is 0 Å². The van der Waals surface area contributed by atoms with E-state index in [4.69, 9.17) is 0 Å². The van der Waals surface area contributed by atoms with Crippen molar-refractivity contribution in [3.8, 4) is 0 Å². The zero-order valence-electron chi connectivity index (χ0n) is 10.9. The van der Waals surface area contributed by atoms with Gasteiger partial charge in [0.1, 0.15) is 0 Å². The molecular weight excluding hydrogens is 296 g/mol. The fraction of sp³-hybridized carbons (Fsp3) is 0.308. The fourth-order valence-electron chi connectivity index (χ4n) is 2.51. The highest BCUT2D eigenvalue weighted by Crippen LogP contribution is 2.23. The molecule has 1 atom stereocenters. The summed E-state index contributed by atoms with van der Waals surface area (Å²) in [7, 11) is -3.13. The maximum atomic E-state index is 12.3. The van der Waals surface area contributed by atoms with Gasteiger partial charge in [0.25, 0.3) is 0 Å². The molecule has 0 spiro atoms. The first-order valence-corrected chi connectivity index (χ1v) is 8.19. The summed E-state index contributed by atoms with van der Waals surface area (Å²) in [6.45, 7) is 0. The van der Waals surface area contributed by atoms with Gasteiger partial charge in [-0.3, -0.25) is 14.4 Å². The van der Waals surface area contributed by atoms with E-state index in [1.54, 1.807) is 0 Å². The molecule has 1 aliphatic rings. The number of aromatic amines is 2. The second kappa shape index (κ2) is 4.66. The Morgan fingerprint density at radius 3 is 2.38 bits per heavy atom. The zero-order valence-corrected chi connectivity index (χ0v) is 11.7. The van der Waals surface area contributed by atoms with Gasteiger partial charge in [-0.1, -0.05) is 0 Å². The number of carbonyl (C=O) groups is 1. The maximum absolute atomic E-state index is 12.3. The summed E-state index contributed by atoms with van der Waals surface area (Å²) in [5.41, 5.74) is -0.479.